The molecule has 3 heteroatoms. The molecule has 1 heterocycles. The molecule has 3 nitrogen and oxygen atoms in total. The Bertz CT molecular complexity index is 373. The predicted molar refractivity (Wildman–Crippen MR) is 69.2 cm³/mol. The van der Waals surface area contributed by atoms with E-state index < -0.39 is 0 Å². The molecule has 94 valence electrons. The molecule has 2 aliphatic carbocycles. The molecule has 17 heavy (non-hydrogen) atoms. The summed E-state index contributed by atoms with van der Waals surface area (Å²) >= 11 is 0. The average Bonchev–Trinajstić information content (AvgIpc) is 3.13. The average molecular weight is 233 g/mol. The molecular formula is C14H23N3. The summed E-state index contributed by atoms with van der Waals surface area (Å²) in [6.07, 6.45) is 9.51. The van der Waals surface area contributed by atoms with Crippen LogP contribution in [0.5, 0.6) is 0 Å². The van der Waals surface area contributed by atoms with Gasteiger partial charge in [0.1, 0.15) is 5.82 Å². The second-order valence-corrected chi connectivity index (χ2v) is 5.63. The Morgan fingerprint density at radius 1 is 1.12 bits per heavy atom. The second kappa shape index (κ2) is 4.81. The van der Waals surface area contributed by atoms with Crippen molar-refractivity contribution >= 4 is 0 Å². The molecule has 0 aliphatic heterocycles. The lowest BCUT2D eigenvalue weighted by Crippen LogP contribution is -2.08. The highest BCUT2D eigenvalue weighted by atomic mass is 15.0. The molecule has 0 atom stereocenters. The number of aromatic amines is 1. The maximum absolute atomic E-state index is 4.92. The zero-order valence-electron chi connectivity index (χ0n) is 10.8. The van der Waals surface area contributed by atoms with Gasteiger partial charge in [0, 0.05) is 18.4 Å². The summed E-state index contributed by atoms with van der Waals surface area (Å²) in [5, 5.41) is 3.25. The number of hydrogen-bond acceptors (Lipinski definition) is 2. The first-order chi connectivity index (χ1) is 8.38. The fourth-order valence-electron chi connectivity index (χ4n) is 3.02. The fourth-order valence-corrected chi connectivity index (χ4v) is 3.02. The lowest BCUT2D eigenvalue weighted by molar-refractivity contribution is 0.430. The van der Waals surface area contributed by atoms with E-state index in [0.29, 0.717) is 5.92 Å². The smallest absolute Gasteiger partial charge is 0.109 e. The van der Waals surface area contributed by atoms with Crippen molar-refractivity contribution in [1.82, 2.24) is 15.3 Å². The van der Waals surface area contributed by atoms with Crippen molar-refractivity contribution in [3.8, 4) is 0 Å². The van der Waals surface area contributed by atoms with Gasteiger partial charge in [-0.2, -0.15) is 0 Å². The van der Waals surface area contributed by atoms with E-state index in [9.17, 15) is 0 Å². The number of hydrogen-bond donors (Lipinski definition) is 2. The number of rotatable bonds is 4. The second-order valence-electron chi connectivity index (χ2n) is 5.63. The van der Waals surface area contributed by atoms with Crippen LogP contribution in [0, 0.1) is 0 Å². The van der Waals surface area contributed by atoms with E-state index in [0.717, 1.165) is 12.5 Å². The maximum Gasteiger partial charge on any atom is 0.109 e. The highest BCUT2D eigenvalue weighted by Crippen LogP contribution is 2.42. The van der Waals surface area contributed by atoms with Gasteiger partial charge in [-0.1, -0.05) is 19.3 Å². The van der Waals surface area contributed by atoms with Crippen molar-refractivity contribution in [3.63, 3.8) is 0 Å². The van der Waals surface area contributed by atoms with Crippen molar-refractivity contribution < 1.29 is 0 Å². The number of H-pyrrole nitrogens is 1. The van der Waals surface area contributed by atoms with Gasteiger partial charge in [-0.15, -0.1) is 0 Å². The Kier molecular flexibility index (Phi) is 3.19. The Morgan fingerprint density at radius 2 is 1.88 bits per heavy atom. The molecule has 0 spiro atoms. The summed E-state index contributed by atoms with van der Waals surface area (Å²) in [7, 11) is 2.01. The quantitative estimate of drug-likeness (QED) is 0.839. The van der Waals surface area contributed by atoms with E-state index >= 15 is 0 Å². The fraction of sp³-hybridized carbons (Fsp3) is 0.786. The van der Waals surface area contributed by atoms with Crippen LogP contribution in [-0.2, 0) is 6.54 Å². The number of nitrogens with one attached hydrogen (secondary N) is 2. The molecule has 0 bridgehead atoms. The first kappa shape index (κ1) is 11.3. The van der Waals surface area contributed by atoms with Gasteiger partial charge in [0.05, 0.1) is 11.4 Å². The molecule has 0 radical (unpaired) electrons. The topological polar surface area (TPSA) is 40.7 Å². The van der Waals surface area contributed by atoms with Crippen molar-refractivity contribution in [3.05, 3.63) is 17.2 Å². The van der Waals surface area contributed by atoms with Crippen LogP contribution < -0.4 is 5.32 Å². The lowest BCUT2D eigenvalue weighted by atomic mass is 9.89. The monoisotopic (exact) mass is 233 g/mol. The van der Waals surface area contributed by atoms with E-state index in [-0.39, 0.29) is 0 Å². The Hall–Kier alpha value is -0.830. The zero-order chi connectivity index (χ0) is 11.7. The summed E-state index contributed by atoms with van der Waals surface area (Å²) in [6, 6.07) is 0. The van der Waals surface area contributed by atoms with Gasteiger partial charge < -0.3 is 10.3 Å². The molecular weight excluding hydrogens is 210 g/mol. The van der Waals surface area contributed by atoms with Gasteiger partial charge in [-0.3, -0.25) is 0 Å². The van der Waals surface area contributed by atoms with Gasteiger partial charge >= 0.3 is 0 Å². The summed E-state index contributed by atoms with van der Waals surface area (Å²) in [6.45, 7) is 0.936. The molecule has 0 amide bonds. The minimum atomic E-state index is 0.701. The van der Waals surface area contributed by atoms with Crippen molar-refractivity contribution in [2.75, 3.05) is 7.05 Å². The standard InChI is InChI=1S/C14H23N3/c1-15-9-12-13(10-7-8-10)17-14(16-12)11-5-3-2-4-6-11/h10-11,15H,2-9H2,1H3,(H,16,17). The van der Waals surface area contributed by atoms with Crippen LogP contribution in [0.1, 0.15) is 74.0 Å². The molecule has 1 aromatic rings. The molecule has 3 rings (SSSR count). The minimum absolute atomic E-state index is 0.701. The van der Waals surface area contributed by atoms with E-state index in [1.807, 2.05) is 7.05 Å². The van der Waals surface area contributed by atoms with Crippen molar-refractivity contribution in [1.29, 1.82) is 0 Å². The highest BCUT2D eigenvalue weighted by molar-refractivity contribution is 5.24. The normalized spacial score (nSPS) is 21.9. The van der Waals surface area contributed by atoms with E-state index in [2.05, 4.69) is 10.3 Å². The Labute approximate surface area is 103 Å². The maximum atomic E-state index is 4.92. The predicted octanol–water partition coefficient (Wildman–Crippen LogP) is 3.05. The third-order valence-electron chi connectivity index (χ3n) is 4.14. The molecule has 2 fully saturated rings. The molecule has 0 aromatic carbocycles. The van der Waals surface area contributed by atoms with Gasteiger partial charge in [0.25, 0.3) is 0 Å². The molecule has 2 N–H and O–H groups in total. The van der Waals surface area contributed by atoms with Crippen LogP contribution in [0.4, 0.5) is 0 Å². The minimum Gasteiger partial charge on any atom is -0.344 e. The summed E-state index contributed by atoms with van der Waals surface area (Å²) in [4.78, 5) is 8.52. The van der Waals surface area contributed by atoms with Crippen LogP contribution in [0.2, 0.25) is 0 Å². The van der Waals surface area contributed by atoms with Crippen molar-refractivity contribution in [2.24, 2.45) is 0 Å². The van der Waals surface area contributed by atoms with Gasteiger partial charge in [-0.25, -0.2) is 4.98 Å². The Morgan fingerprint density at radius 3 is 2.53 bits per heavy atom. The molecule has 0 saturated heterocycles. The first-order valence-corrected chi connectivity index (χ1v) is 7.11. The molecule has 1 aromatic heterocycles. The van der Waals surface area contributed by atoms with Gasteiger partial charge in [0.2, 0.25) is 0 Å². The number of nitrogens with zero attached hydrogens (tertiary/aromatic N) is 1. The van der Waals surface area contributed by atoms with Crippen LogP contribution >= 0.6 is 0 Å². The SMILES string of the molecule is CNCc1[nH]c(C2CCCCC2)nc1C1CC1. The van der Waals surface area contributed by atoms with Crippen LogP contribution in [0.3, 0.4) is 0 Å². The van der Waals surface area contributed by atoms with Crippen LogP contribution in [0.15, 0.2) is 0 Å². The first-order valence-electron chi connectivity index (χ1n) is 7.11. The molecule has 2 aliphatic rings. The summed E-state index contributed by atoms with van der Waals surface area (Å²) in [5.74, 6) is 2.73. The van der Waals surface area contributed by atoms with Crippen LogP contribution in [-0.4, -0.2) is 17.0 Å². The Balaban J connectivity index is 1.81. The van der Waals surface area contributed by atoms with Gasteiger partial charge in [-0.05, 0) is 32.7 Å². The number of aromatic nitrogens is 2. The molecule has 2 saturated carbocycles. The largest absolute Gasteiger partial charge is 0.344 e. The highest BCUT2D eigenvalue weighted by Gasteiger charge is 2.30. The third-order valence-corrected chi connectivity index (χ3v) is 4.14. The van der Waals surface area contributed by atoms with Gasteiger partial charge in [0.15, 0.2) is 0 Å². The lowest BCUT2D eigenvalue weighted by Gasteiger charge is -2.19. The number of imidazole rings is 1. The summed E-state index contributed by atoms with van der Waals surface area (Å²) in [5.41, 5.74) is 2.70. The summed E-state index contributed by atoms with van der Waals surface area (Å²) < 4.78 is 0. The van der Waals surface area contributed by atoms with E-state index in [1.54, 1.807) is 0 Å². The van der Waals surface area contributed by atoms with E-state index in [1.165, 1.54) is 62.2 Å². The van der Waals surface area contributed by atoms with Crippen molar-refractivity contribution in [2.45, 2.75) is 63.3 Å². The third kappa shape index (κ3) is 2.39. The van der Waals surface area contributed by atoms with E-state index in [4.69, 9.17) is 4.98 Å². The van der Waals surface area contributed by atoms with Crippen LogP contribution in [0.25, 0.3) is 0 Å². The zero-order valence-corrected chi connectivity index (χ0v) is 10.8. The molecule has 0 unspecified atom stereocenters.